The maximum atomic E-state index is 14.4. The van der Waals surface area contributed by atoms with Crippen LogP contribution in [0.1, 0.15) is 162 Å². The Hall–Kier alpha value is -14.6. The highest BCUT2D eigenvalue weighted by atomic mass is 32.2. The highest BCUT2D eigenvalue weighted by Gasteiger charge is 2.66. The standard InChI is InChI=1S/C35H45FN6O10S.C34H36FN5O10S.C31H38FN5O8S/c1-7-21-15-35(21,31(46)39-53(49,50)23-12-13-23)38-29(44)27-14-22(51-33(48)41-16-20-10-9-11-25(36)24(20)18-41)17-42(27)30(45)26(19-40(6)28(43)8-2)37-32(47)52-34(3,4)5;1-3-21-14-34(21,32(45)38-51(47,48)23-11-12-23)37-31(44)27-13-22(50-33(46)39-16-20-7-6-9-26(35)25(20)18-39)17-40(27)29(42)15-36-30(43)24-8-4-5-10-28(24)49-19(2)41;1-5-19-13-31(19,29(41)35-46(43,44)21-10-11-21)34-27(39)24-12-20(15-37(24)28(40)26(17(3)4)33-25(38)6-2)45-30(42)36-14-18-8-7-9-23(32)22(18)16-36/h7-11,21-23,26-27H,1-2,12-19H2,3-6H3,(H,37,47)(H,38,44)(H,39,46);3-10,21-23,27H,1,11-18H2,2H3,(H,36,43)(H,37,44)(H,38,45);5-9,17,19-21,24,26H,1-2,10-16H2,3-4H3,(H,33,38)(H,34,39)(H,35,41)/t21-,22?,26+,27+,35-;21-,22?,27+,34-;19-,20-,24+,26-,31-/m111/s1. The summed E-state index contributed by atoms with van der Waals surface area (Å²) in [6.07, 6.45) is 1.99. The number of likely N-dealkylation sites (N-methyl/N-ethyl adjacent to an activating group) is 1. The van der Waals surface area contributed by atoms with Crippen LogP contribution in [0.15, 0.2) is 142 Å². The summed E-state index contributed by atoms with van der Waals surface area (Å²) < 4.78 is 152. The number of para-hydroxylation sites is 1. The normalized spacial score (nSPS) is 24.3. The number of likely N-dealkylation sites (tertiary alicyclic amines) is 3. The van der Waals surface area contributed by atoms with Crippen molar-refractivity contribution in [3.05, 3.63) is 199 Å². The second-order valence-corrected chi connectivity index (χ2v) is 46.3. The number of ether oxygens (including phenoxy) is 5. The maximum Gasteiger partial charge on any atom is 0.410 e. The van der Waals surface area contributed by atoms with E-state index in [0.717, 1.165) is 26.9 Å². The van der Waals surface area contributed by atoms with Gasteiger partial charge in [0.1, 0.15) is 93.9 Å². The molecule has 16 rings (SSSR count). The molecular weight excluding hydrogens is 2030 g/mol. The zero-order valence-electron chi connectivity index (χ0n) is 83.3. The van der Waals surface area contributed by atoms with Gasteiger partial charge in [-0.15, -0.1) is 19.7 Å². The molecule has 6 saturated carbocycles. The summed E-state index contributed by atoms with van der Waals surface area (Å²) in [5, 5.41) is 13.4. The third-order valence-electron chi connectivity index (χ3n) is 27.9. The first-order valence-corrected chi connectivity index (χ1v) is 53.3. The van der Waals surface area contributed by atoms with E-state index in [4.69, 9.17) is 23.7 Å². The molecule has 4 aromatic rings. The summed E-state index contributed by atoms with van der Waals surface area (Å²) in [6, 6.07) is 13.0. The first-order chi connectivity index (χ1) is 70.7. The molecule has 0 aromatic heterocycles. The number of sulfonamides is 3. The number of hydrogen-bond acceptors (Lipinski definition) is 28. The van der Waals surface area contributed by atoms with Crippen molar-refractivity contribution in [1.82, 2.24) is 80.4 Å². The minimum atomic E-state index is -3.98. The number of nitrogens with one attached hydrogen (secondary N) is 9. The van der Waals surface area contributed by atoms with E-state index in [2.05, 4.69) is 79.0 Å². The van der Waals surface area contributed by atoms with Gasteiger partial charge >= 0.3 is 30.3 Å². The molecule has 806 valence electrons. The van der Waals surface area contributed by atoms with Crippen LogP contribution in [0.4, 0.5) is 32.3 Å². The Labute approximate surface area is 862 Å². The van der Waals surface area contributed by atoms with Crippen LogP contribution in [-0.4, -0.2) is 287 Å². The molecule has 9 fully saturated rings. The predicted molar refractivity (Wildman–Crippen MR) is 524 cm³/mol. The molecule has 0 spiro atoms. The minimum Gasteiger partial charge on any atom is -0.444 e. The molecular formula is C100H119F3N16O28S3. The molecule has 14 atom stereocenters. The number of amides is 16. The predicted octanol–water partition coefficient (Wildman–Crippen LogP) is 3.97. The Morgan fingerprint density at radius 1 is 0.487 bits per heavy atom. The third-order valence-corrected chi connectivity index (χ3v) is 33.3. The van der Waals surface area contributed by atoms with Crippen LogP contribution in [0.25, 0.3) is 0 Å². The van der Waals surface area contributed by atoms with E-state index in [1.54, 1.807) is 65.0 Å². The van der Waals surface area contributed by atoms with Crippen LogP contribution in [0.2, 0.25) is 0 Å². The summed E-state index contributed by atoms with van der Waals surface area (Å²) in [6.45, 7) is 25.7. The third kappa shape index (κ3) is 25.2. The van der Waals surface area contributed by atoms with Gasteiger partial charge in [0.05, 0.1) is 73.7 Å². The lowest BCUT2D eigenvalue weighted by Gasteiger charge is -2.31. The molecule has 0 bridgehead atoms. The van der Waals surface area contributed by atoms with Gasteiger partial charge < -0.3 is 75.2 Å². The number of esters is 1. The van der Waals surface area contributed by atoms with Crippen molar-refractivity contribution in [1.29, 1.82) is 0 Å². The number of carbonyl (C=O) groups is 17. The fourth-order valence-corrected chi connectivity index (χ4v) is 23.0. The van der Waals surface area contributed by atoms with Crippen molar-refractivity contribution in [2.24, 2.45) is 23.7 Å². The molecule has 0 radical (unpaired) electrons. The van der Waals surface area contributed by atoms with Gasteiger partial charge in [-0.3, -0.25) is 91.2 Å². The summed E-state index contributed by atoms with van der Waals surface area (Å²) in [5.41, 5.74) is -2.95. The van der Waals surface area contributed by atoms with Crippen molar-refractivity contribution >= 4 is 131 Å². The van der Waals surface area contributed by atoms with Gasteiger partial charge in [-0.25, -0.2) is 57.6 Å². The fraction of sp³-hybridized carbons (Fsp3) is 0.490. The topological polar surface area (TPSA) is 570 Å². The molecule has 4 aromatic carbocycles. The largest absolute Gasteiger partial charge is 0.444 e. The lowest BCUT2D eigenvalue weighted by atomic mass is 10.0. The van der Waals surface area contributed by atoms with E-state index in [0.29, 0.717) is 71.9 Å². The molecule has 44 nitrogen and oxygen atoms in total. The highest BCUT2D eigenvalue weighted by molar-refractivity contribution is 7.91. The monoisotopic (exact) mass is 2140 g/mol. The van der Waals surface area contributed by atoms with Gasteiger partial charge in [0.15, 0.2) is 0 Å². The molecule has 9 N–H and O–H groups in total. The Kier molecular flexibility index (Phi) is 32.8. The Morgan fingerprint density at radius 3 is 1.19 bits per heavy atom. The summed E-state index contributed by atoms with van der Waals surface area (Å²) in [5.74, 6) is -13.6. The van der Waals surface area contributed by atoms with Crippen molar-refractivity contribution in [3.8, 4) is 5.75 Å². The van der Waals surface area contributed by atoms with E-state index in [-0.39, 0.29) is 115 Å². The fourth-order valence-electron chi connectivity index (χ4n) is 18.9. The zero-order chi connectivity index (χ0) is 109. The van der Waals surface area contributed by atoms with Crippen molar-refractivity contribution < 1.29 is 144 Å². The molecule has 6 heterocycles. The van der Waals surface area contributed by atoms with Crippen LogP contribution in [-0.2, 0) is 146 Å². The van der Waals surface area contributed by atoms with E-state index >= 15 is 0 Å². The van der Waals surface area contributed by atoms with E-state index in [1.807, 2.05) is 0 Å². The number of nitrogens with zero attached hydrogens (tertiary/aromatic N) is 7. The van der Waals surface area contributed by atoms with Crippen LogP contribution < -0.4 is 50.8 Å². The molecule has 6 aliphatic carbocycles. The maximum absolute atomic E-state index is 14.4. The molecule has 150 heavy (non-hydrogen) atoms. The molecule has 12 aliphatic rings. The summed E-state index contributed by atoms with van der Waals surface area (Å²) in [7, 11) is -10.5. The Balaban J connectivity index is 0.000000178. The summed E-state index contributed by atoms with van der Waals surface area (Å²) in [4.78, 5) is 234. The second kappa shape index (κ2) is 44.3. The lowest BCUT2D eigenvalue weighted by molar-refractivity contribution is -0.143. The first-order valence-electron chi connectivity index (χ1n) is 48.6. The average molecular weight is 2150 g/mol. The van der Waals surface area contributed by atoms with E-state index < -0.39 is 265 Å². The number of rotatable bonds is 34. The van der Waals surface area contributed by atoms with Crippen LogP contribution in [0.3, 0.4) is 0 Å². The van der Waals surface area contributed by atoms with Gasteiger partial charge in [0.25, 0.3) is 23.6 Å². The van der Waals surface area contributed by atoms with Gasteiger partial charge in [0, 0.05) is 87.3 Å². The van der Waals surface area contributed by atoms with Crippen LogP contribution in [0, 0.1) is 41.1 Å². The van der Waals surface area contributed by atoms with Gasteiger partial charge in [-0.2, -0.15) is 0 Å². The van der Waals surface area contributed by atoms with Gasteiger partial charge in [0.2, 0.25) is 77.3 Å². The van der Waals surface area contributed by atoms with Crippen molar-refractivity contribution in [3.63, 3.8) is 0 Å². The number of halogens is 3. The van der Waals surface area contributed by atoms with Crippen LogP contribution in [0.5, 0.6) is 5.75 Å². The van der Waals surface area contributed by atoms with Gasteiger partial charge in [-0.1, -0.05) is 93.8 Å². The second-order valence-electron chi connectivity index (χ2n) is 40.4. The van der Waals surface area contributed by atoms with E-state index in [1.165, 1.54) is 100 Å². The number of alkyl carbamates (subject to hydrolysis) is 1. The molecule has 3 saturated heterocycles. The molecule has 6 aliphatic heterocycles. The summed E-state index contributed by atoms with van der Waals surface area (Å²) >= 11 is 0. The number of fused-ring (bicyclic) bond motifs is 3. The van der Waals surface area contributed by atoms with Crippen LogP contribution >= 0.6 is 0 Å². The number of carbonyl (C=O) groups excluding carboxylic acids is 17. The minimum absolute atomic E-state index is 0.00648. The SMILES string of the molecule is C=CC(=O)N(C)C[C@H](NC(=O)OC(C)(C)C)C(=O)N1CC(OC(=O)N2Cc3cccc(F)c3C2)C[C@H]1C(=O)N[C@]1(C(=O)NS(=O)(=O)C2CC2)C[C@H]1C=C.C=CC(=O)N[C@@H](C(=O)N1C[C@H](OC(=O)N2Cc3cccc(F)c3C2)C[C@H]1C(=O)N[C@]1(C(=O)NS(=O)(=O)C2CC2)C[C@H]1C=C)C(C)C.C=C[C@@H]1C[C@]1(NC(=O)[C@@H]1CC(OC(=O)N2Cc3cccc(F)c3C2)CN1C(=O)CNC(=O)c1ccccc1OC(C)=O)C(=O)NS(=O)(=O)C1CC1. The van der Waals surface area contributed by atoms with Crippen molar-refractivity contribution in [2.45, 2.75) is 244 Å². The van der Waals surface area contributed by atoms with E-state index in [9.17, 15) is 120 Å². The Bertz CT molecular complexity index is 6580. The Morgan fingerprint density at radius 2 is 0.853 bits per heavy atom. The number of hydrogen-bond donors (Lipinski definition) is 9. The smallest absolute Gasteiger partial charge is 0.410 e. The molecule has 50 heteroatoms. The lowest BCUT2D eigenvalue weighted by Crippen LogP contribution is -2.60. The highest BCUT2D eigenvalue weighted by Crippen LogP contribution is 2.49. The average Bonchev–Trinajstić information content (AvgIpc) is 1.58. The van der Waals surface area contributed by atoms with Crippen molar-refractivity contribution in [2.75, 3.05) is 39.8 Å². The number of benzene rings is 4. The molecule has 2 unspecified atom stereocenters. The first kappa shape index (κ1) is 111. The molecule has 16 amide bonds. The zero-order valence-corrected chi connectivity index (χ0v) is 85.7. The van der Waals surface area contributed by atoms with Gasteiger partial charge in [-0.05, 0) is 144 Å². The quantitative estimate of drug-likeness (QED) is 0.0105.